The SMILES string of the molecule is CC(CN)CCC(=O)N1CCCC1c1ccsc1. The van der Waals surface area contributed by atoms with Crippen molar-refractivity contribution in [2.75, 3.05) is 13.1 Å². The number of likely N-dealkylation sites (tertiary alicyclic amines) is 1. The zero-order valence-electron chi connectivity index (χ0n) is 11.0. The standard InChI is InChI=1S/C14H22N2OS/c1-11(9-15)4-5-14(17)16-7-2-3-13(16)12-6-8-18-10-12/h6,8,10-11,13H,2-5,7,9,15H2,1H3. The van der Waals surface area contributed by atoms with Crippen LogP contribution in [0.4, 0.5) is 0 Å². The molecule has 18 heavy (non-hydrogen) atoms. The van der Waals surface area contributed by atoms with Crippen molar-refractivity contribution in [2.24, 2.45) is 11.7 Å². The molecule has 0 radical (unpaired) electrons. The van der Waals surface area contributed by atoms with E-state index in [4.69, 9.17) is 5.73 Å². The maximum absolute atomic E-state index is 12.3. The normalized spacial score (nSPS) is 21.2. The maximum Gasteiger partial charge on any atom is 0.223 e. The van der Waals surface area contributed by atoms with Gasteiger partial charge >= 0.3 is 0 Å². The summed E-state index contributed by atoms with van der Waals surface area (Å²) in [6.45, 7) is 3.69. The van der Waals surface area contributed by atoms with E-state index in [1.165, 1.54) is 5.56 Å². The zero-order chi connectivity index (χ0) is 13.0. The Morgan fingerprint density at radius 3 is 3.17 bits per heavy atom. The third kappa shape index (κ3) is 3.12. The molecule has 0 spiro atoms. The quantitative estimate of drug-likeness (QED) is 0.890. The summed E-state index contributed by atoms with van der Waals surface area (Å²) in [7, 11) is 0. The maximum atomic E-state index is 12.3. The highest BCUT2D eigenvalue weighted by Crippen LogP contribution is 2.33. The number of amides is 1. The Balaban J connectivity index is 1.93. The van der Waals surface area contributed by atoms with Crippen LogP contribution in [0.1, 0.15) is 44.2 Å². The molecular weight excluding hydrogens is 244 g/mol. The van der Waals surface area contributed by atoms with Crippen LogP contribution in [0.2, 0.25) is 0 Å². The average Bonchev–Trinajstić information content (AvgIpc) is 3.04. The highest BCUT2D eigenvalue weighted by Gasteiger charge is 2.29. The van der Waals surface area contributed by atoms with Gasteiger partial charge in [0.2, 0.25) is 5.91 Å². The van der Waals surface area contributed by atoms with Gasteiger partial charge in [0.15, 0.2) is 0 Å². The molecule has 0 saturated carbocycles. The van der Waals surface area contributed by atoms with Gasteiger partial charge in [0.05, 0.1) is 6.04 Å². The Hall–Kier alpha value is -0.870. The lowest BCUT2D eigenvalue weighted by molar-refractivity contribution is -0.132. The van der Waals surface area contributed by atoms with Gasteiger partial charge < -0.3 is 10.6 Å². The number of thiophene rings is 1. The Morgan fingerprint density at radius 2 is 2.50 bits per heavy atom. The van der Waals surface area contributed by atoms with Gasteiger partial charge in [0, 0.05) is 13.0 Å². The summed E-state index contributed by atoms with van der Waals surface area (Å²) in [6, 6.07) is 2.46. The van der Waals surface area contributed by atoms with E-state index in [2.05, 4.69) is 28.7 Å². The van der Waals surface area contributed by atoms with Crippen molar-refractivity contribution in [3.63, 3.8) is 0 Å². The molecule has 100 valence electrons. The van der Waals surface area contributed by atoms with Crippen molar-refractivity contribution in [1.29, 1.82) is 0 Å². The summed E-state index contributed by atoms with van der Waals surface area (Å²) in [5.74, 6) is 0.736. The van der Waals surface area contributed by atoms with Gasteiger partial charge in [-0.2, -0.15) is 11.3 Å². The second kappa shape index (κ2) is 6.34. The number of carbonyl (C=O) groups is 1. The van der Waals surface area contributed by atoms with Crippen LogP contribution in [0, 0.1) is 5.92 Å². The topological polar surface area (TPSA) is 46.3 Å². The number of nitrogens with zero attached hydrogens (tertiary/aromatic N) is 1. The molecule has 1 aromatic rings. The number of nitrogens with two attached hydrogens (primary N) is 1. The second-order valence-corrected chi connectivity index (χ2v) is 5.96. The third-order valence-corrected chi connectivity index (χ3v) is 4.46. The molecule has 1 fully saturated rings. The lowest BCUT2D eigenvalue weighted by atomic mass is 10.0. The summed E-state index contributed by atoms with van der Waals surface area (Å²) >= 11 is 1.71. The van der Waals surface area contributed by atoms with Gasteiger partial charge in [-0.25, -0.2) is 0 Å². The predicted octanol–water partition coefficient (Wildman–Crippen LogP) is 2.79. The van der Waals surface area contributed by atoms with Gasteiger partial charge in [0.25, 0.3) is 0 Å². The smallest absolute Gasteiger partial charge is 0.223 e. The predicted molar refractivity (Wildman–Crippen MR) is 75.5 cm³/mol. The number of hydrogen-bond donors (Lipinski definition) is 1. The number of hydrogen-bond acceptors (Lipinski definition) is 3. The highest BCUT2D eigenvalue weighted by atomic mass is 32.1. The molecular formula is C14H22N2OS. The van der Waals surface area contributed by atoms with E-state index < -0.39 is 0 Å². The minimum atomic E-state index is 0.295. The molecule has 2 rings (SSSR count). The first-order valence-electron chi connectivity index (χ1n) is 6.74. The molecule has 1 aliphatic rings. The lowest BCUT2D eigenvalue weighted by Gasteiger charge is -2.24. The van der Waals surface area contributed by atoms with Crippen molar-refractivity contribution in [3.8, 4) is 0 Å². The molecule has 0 aliphatic carbocycles. The first-order chi connectivity index (χ1) is 8.72. The van der Waals surface area contributed by atoms with Gasteiger partial charge in [-0.05, 0) is 54.1 Å². The minimum absolute atomic E-state index is 0.295. The molecule has 0 bridgehead atoms. The molecule has 1 amide bonds. The molecule has 1 aromatic heterocycles. The fourth-order valence-corrected chi connectivity index (χ4v) is 3.21. The summed E-state index contributed by atoms with van der Waals surface area (Å²) in [5, 5.41) is 4.26. The lowest BCUT2D eigenvalue weighted by Crippen LogP contribution is -2.30. The molecule has 2 N–H and O–H groups in total. The van der Waals surface area contributed by atoms with Crippen LogP contribution in [0.15, 0.2) is 16.8 Å². The molecule has 2 atom stereocenters. The van der Waals surface area contributed by atoms with Crippen molar-refractivity contribution < 1.29 is 4.79 Å². The first-order valence-corrected chi connectivity index (χ1v) is 7.68. The Morgan fingerprint density at radius 1 is 1.67 bits per heavy atom. The zero-order valence-corrected chi connectivity index (χ0v) is 11.8. The second-order valence-electron chi connectivity index (χ2n) is 5.18. The molecule has 0 aromatic carbocycles. The van der Waals surface area contributed by atoms with E-state index in [1.54, 1.807) is 11.3 Å². The summed E-state index contributed by atoms with van der Waals surface area (Å²) in [5.41, 5.74) is 6.90. The van der Waals surface area contributed by atoms with Gasteiger partial charge in [0.1, 0.15) is 0 Å². The van der Waals surface area contributed by atoms with Crippen LogP contribution in [0.3, 0.4) is 0 Å². The fourth-order valence-electron chi connectivity index (χ4n) is 2.51. The van der Waals surface area contributed by atoms with Crippen LogP contribution in [-0.4, -0.2) is 23.9 Å². The van der Waals surface area contributed by atoms with Gasteiger partial charge in [-0.3, -0.25) is 4.79 Å². The summed E-state index contributed by atoms with van der Waals surface area (Å²) in [6.07, 6.45) is 3.77. The third-order valence-electron chi connectivity index (χ3n) is 3.75. The highest BCUT2D eigenvalue weighted by molar-refractivity contribution is 7.07. The number of rotatable bonds is 5. The largest absolute Gasteiger partial charge is 0.336 e. The van der Waals surface area contributed by atoms with Crippen LogP contribution in [-0.2, 0) is 4.79 Å². The fraction of sp³-hybridized carbons (Fsp3) is 0.643. The first kappa shape index (κ1) is 13.6. The average molecular weight is 266 g/mol. The molecule has 1 aliphatic heterocycles. The molecule has 4 heteroatoms. The summed E-state index contributed by atoms with van der Waals surface area (Å²) < 4.78 is 0. The Labute approximate surface area is 113 Å². The minimum Gasteiger partial charge on any atom is -0.336 e. The Kier molecular flexibility index (Phi) is 4.78. The van der Waals surface area contributed by atoms with E-state index in [0.717, 1.165) is 25.8 Å². The van der Waals surface area contributed by atoms with Gasteiger partial charge in [-0.1, -0.05) is 6.92 Å². The van der Waals surface area contributed by atoms with E-state index >= 15 is 0 Å². The summed E-state index contributed by atoms with van der Waals surface area (Å²) in [4.78, 5) is 14.3. The number of carbonyl (C=O) groups excluding carboxylic acids is 1. The van der Waals surface area contributed by atoms with Crippen molar-refractivity contribution >= 4 is 17.2 Å². The van der Waals surface area contributed by atoms with Crippen molar-refractivity contribution in [3.05, 3.63) is 22.4 Å². The van der Waals surface area contributed by atoms with E-state index in [0.29, 0.717) is 30.8 Å². The Bertz CT molecular complexity index is 377. The van der Waals surface area contributed by atoms with Crippen molar-refractivity contribution in [2.45, 2.75) is 38.6 Å². The van der Waals surface area contributed by atoms with Crippen LogP contribution in [0.5, 0.6) is 0 Å². The van der Waals surface area contributed by atoms with Gasteiger partial charge in [-0.15, -0.1) is 0 Å². The monoisotopic (exact) mass is 266 g/mol. The van der Waals surface area contributed by atoms with E-state index in [1.807, 2.05) is 0 Å². The van der Waals surface area contributed by atoms with Crippen LogP contribution in [0.25, 0.3) is 0 Å². The van der Waals surface area contributed by atoms with Crippen molar-refractivity contribution in [1.82, 2.24) is 4.90 Å². The van der Waals surface area contributed by atoms with E-state index in [9.17, 15) is 4.79 Å². The molecule has 1 saturated heterocycles. The molecule has 3 nitrogen and oxygen atoms in total. The van der Waals surface area contributed by atoms with Crippen LogP contribution < -0.4 is 5.73 Å². The molecule has 2 unspecified atom stereocenters. The van der Waals surface area contributed by atoms with E-state index in [-0.39, 0.29) is 0 Å². The molecule has 2 heterocycles. The van der Waals surface area contributed by atoms with Crippen LogP contribution >= 0.6 is 11.3 Å².